The summed E-state index contributed by atoms with van der Waals surface area (Å²) in [5.41, 5.74) is 6.48. The van der Waals surface area contributed by atoms with Gasteiger partial charge in [0.2, 0.25) is 10.0 Å². The van der Waals surface area contributed by atoms with Gasteiger partial charge in [-0.1, -0.05) is 129 Å². The standard InChI is InChI=1S/C40H43N3O3S/c1-27(2)34-25-22-29(4)36-38(34)41-43(39(36)32-18-12-7-13-19-32)40(44)35(26-30-14-8-5-9-15-30)37(31-16-10-6-11-17-31)42-47(45,46)33-23-20-28(3)21-24-33/h5-21,23-24,27,29,34-35,37,42H,22,25-26H2,1-4H3/t29-,34-,35+,37-/m0/s1. The maximum absolute atomic E-state index is 15.3. The van der Waals surface area contributed by atoms with Crippen molar-refractivity contribution in [3.05, 3.63) is 143 Å². The van der Waals surface area contributed by atoms with Crippen molar-refractivity contribution in [1.82, 2.24) is 14.5 Å². The minimum atomic E-state index is -4.00. The molecule has 1 aromatic heterocycles. The van der Waals surface area contributed by atoms with E-state index in [9.17, 15) is 8.42 Å². The number of nitrogens with one attached hydrogen (secondary N) is 1. The summed E-state index contributed by atoms with van der Waals surface area (Å²) < 4.78 is 32.6. The maximum Gasteiger partial charge on any atom is 0.252 e. The van der Waals surface area contributed by atoms with E-state index in [-0.39, 0.29) is 22.6 Å². The minimum absolute atomic E-state index is 0.156. The van der Waals surface area contributed by atoms with E-state index in [1.807, 2.05) is 97.9 Å². The summed E-state index contributed by atoms with van der Waals surface area (Å²) in [7, 11) is -4.00. The molecule has 6 nitrogen and oxygen atoms in total. The molecular weight excluding hydrogens is 603 g/mol. The molecule has 0 saturated heterocycles. The predicted molar refractivity (Wildman–Crippen MR) is 188 cm³/mol. The summed E-state index contributed by atoms with van der Waals surface area (Å²) in [6, 6.07) is 35.2. The van der Waals surface area contributed by atoms with Crippen LogP contribution in [0.5, 0.6) is 0 Å². The van der Waals surface area contributed by atoms with Gasteiger partial charge < -0.3 is 0 Å². The van der Waals surface area contributed by atoms with Gasteiger partial charge in [0.1, 0.15) is 0 Å². The Morgan fingerprint density at radius 1 is 0.851 bits per heavy atom. The van der Waals surface area contributed by atoms with Crippen LogP contribution in [0.2, 0.25) is 0 Å². The minimum Gasteiger partial charge on any atom is -0.272 e. The van der Waals surface area contributed by atoms with Gasteiger partial charge in [-0.25, -0.2) is 13.1 Å². The quantitative estimate of drug-likeness (QED) is 0.165. The maximum atomic E-state index is 15.3. The van der Waals surface area contributed by atoms with Gasteiger partial charge in [0.15, 0.2) is 0 Å². The van der Waals surface area contributed by atoms with Crippen LogP contribution in [0.15, 0.2) is 120 Å². The molecule has 0 aliphatic heterocycles. The van der Waals surface area contributed by atoms with Gasteiger partial charge in [-0.15, -0.1) is 0 Å². The molecule has 1 heterocycles. The second-order valence-electron chi connectivity index (χ2n) is 13.2. The van der Waals surface area contributed by atoms with Crippen LogP contribution >= 0.6 is 0 Å². The van der Waals surface area contributed by atoms with E-state index in [0.29, 0.717) is 17.9 Å². The molecule has 0 unspecified atom stereocenters. The molecule has 5 aromatic rings. The van der Waals surface area contributed by atoms with Crippen molar-refractivity contribution >= 4 is 15.9 Å². The number of fused-ring (bicyclic) bond motifs is 1. The molecule has 0 radical (unpaired) electrons. The highest BCUT2D eigenvalue weighted by molar-refractivity contribution is 7.89. The summed E-state index contributed by atoms with van der Waals surface area (Å²) >= 11 is 0. The lowest BCUT2D eigenvalue weighted by Gasteiger charge is -2.29. The molecular formula is C40H43N3O3S. The Bertz CT molecular complexity index is 1920. The Balaban J connectivity index is 1.55. The molecule has 0 amide bonds. The fourth-order valence-corrected chi connectivity index (χ4v) is 8.23. The third-order valence-corrected chi connectivity index (χ3v) is 11.0. The van der Waals surface area contributed by atoms with Gasteiger partial charge >= 0.3 is 0 Å². The highest BCUT2D eigenvalue weighted by atomic mass is 32.2. The topological polar surface area (TPSA) is 81.1 Å². The first-order valence-corrected chi connectivity index (χ1v) is 18.0. The number of rotatable bonds is 10. The molecule has 1 N–H and O–H groups in total. The number of carbonyl (C=O) groups is 1. The fraction of sp³-hybridized carbons (Fsp3) is 0.300. The lowest BCUT2D eigenvalue weighted by Crippen LogP contribution is -2.40. The van der Waals surface area contributed by atoms with E-state index in [1.165, 1.54) is 0 Å². The van der Waals surface area contributed by atoms with Crippen LogP contribution in [0.1, 0.15) is 84.2 Å². The summed E-state index contributed by atoms with van der Waals surface area (Å²) in [5.74, 6) is -0.222. The second kappa shape index (κ2) is 13.8. The molecule has 7 heteroatoms. The Labute approximate surface area is 278 Å². The summed E-state index contributed by atoms with van der Waals surface area (Å²) in [6.45, 7) is 8.58. The Hall–Kier alpha value is -4.33. The van der Waals surface area contributed by atoms with Crippen LogP contribution in [0.4, 0.5) is 0 Å². The first-order valence-electron chi connectivity index (χ1n) is 16.5. The van der Waals surface area contributed by atoms with Gasteiger partial charge in [0.05, 0.1) is 28.2 Å². The summed E-state index contributed by atoms with van der Waals surface area (Å²) in [5, 5.41) is 5.17. The van der Waals surface area contributed by atoms with Crippen molar-refractivity contribution in [2.24, 2.45) is 11.8 Å². The van der Waals surface area contributed by atoms with Crippen molar-refractivity contribution < 1.29 is 13.2 Å². The Morgan fingerprint density at radius 2 is 1.45 bits per heavy atom. The Kier molecular flexibility index (Phi) is 9.57. The highest BCUT2D eigenvalue weighted by Gasteiger charge is 2.40. The highest BCUT2D eigenvalue weighted by Crippen LogP contribution is 2.46. The zero-order valence-electron chi connectivity index (χ0n) is 27.5. The normalized spacial score (nSPS) is 17.6. The largest absolute Gasteiger partial charge is 0.272 e. The molecule has 0 spiro atoms. The summed E-state index contributed by atoms with van der Waals surface area (Å²) in [6.07, 6.45) is 2.35. The van der Waals surface area contributed by atoms with Gasteiger partial charge in [0.25, 0.3) is 5.91 Å². The lowest BCUT2D eigenvalue weighted by atomic mass is 9.75. The van der Waals surface area contributed by atoms with E-state index in [4.69, 9.17) is 5.10 Å². The van der Waals surface area contributed by atoms with Gasteiger partial charge in [-0.3, -0.25) is 4.79 Å². The first kappa shape index (κ1) is 32.6. The van der Waals surface area contributed by atoms with E-state index in [0.717, 1.165) is 46.5 Å². The fourth-order valence-electron chi connectivity index (χ4n) is 6.97. The van der Waals surface area contributed by atoms with Gasteiger partial charge in [-0.2, -0.15) is 9.78 Å². The van der Waals surface area contributed by atoms with Crippen molar-refractivity contribution in [3.8, 4) is 11.3 Å². The molecule has 4 aromatic carbocycles. The van der Waals surface area contributed by atoms with Crippen LogP contribution in [-0.2, 0) is 16.4 Å². The van der Waals surface area contributed by atoms with Gasteiger partial charge in [0, 0.05) is 17.0 Å². The molecule has 0 saturated carbocycles. The monoisotopic (exact) mass is 645 g/mol. The average Bonchev–Trinajstić information content (AvgIpc) is 3.49. The van der Waals surface area contributed by atoms with Crippen molar-refractivity contribution in [1.29, 1.82) is 0 Å². The summed E-state index contributed by atoms with van der Waals surface area (Å²) in [4.78, 5) is 15.4. The van der Waals surface area contributed by atoms with E-state index in [2.05, 4.69) is 25.5 Å². The zero-order chi connectivity index (χ0) is 33.1. The van der Waals surface area contributed by atoms with Crippen LogP contribution in [-0.4, -0.2) is 24.1 Å². The number of hydrogen-bond acceptors (Lipinski definition) is 4. The molecule has 6 rings (SSSR count). The third-order valence-electron chi connectivity index (χ3n) is 9.56. The van der Waals surface area contributed by atoms with Crippen LogP contribution in [0.25, 0.3) is 11.3 Å². The lowest BCUT2D eigenvalue weighted by molar-refractivity contribution is 0.0791. The zero-order valence-corrected chi connectivity index (χ0v) is 28.3. The molecule has 0 fully saturated rings. The van der Waals surface area contributed by atoms with Crippen LogP contribution in [0, 0.1) is 18.8 Å². The molecule has 1 aliphatic carbocycles. The number of nitrogens with zero attached hydrogens (tertiary/aromatic N) is 2. The van der Waals surface area contributed by atoms with E-state index in [1.54, 1.807) is 28.9 Å². The van der Waals surface area contributed by atoms with E-state index < -0.39 is 22.0 Å². The molecule has 242 valence electrons. The van der Waals surface area contributed by atoms with Crippen molar-refractivity contribution in [2.75, 3.05) is 0 Å². The van der Waals surface area contributed by atoms with Crippen LogP contribution in [0.3, 0.4) is 0 Å². The SMILES string of the molecule is Cc1ccc(S(=O)(=O)N[C@@H](c2ccccc2)[C@@H](Cc2ccccc2)C(=O)n2nc3c(c2-c2ccccc2)[C@@H](C)CC[C@H]3C(C)C)cc1. The average molecular weight is 646 g/mol. The third kappa shape index (κ3) is 6.87. The number of benzene rings is 4. The van der Waals surface area contributed by atoms with Crippen molar-refractivity contribution in [3.63, 3.8) is 0 Å². The number of hydrogen-bond donors (Lipinski definition) is 1. The van der Waals surface area contributed by atoms with Crippen LogP contribution < -0.4 is 4.72 Å². The van der Waals surface area contributed by atoms with Gasteiger partial charge in [-0.05, 0) is 61.3 Å². The predicted octanol–water partition coefficient (Wildman–Crippen LogP) is 8.71. The Morgan fingerprint density at radius 3 is 2.06 bits per heavy atom. The first-order chi connectivity index (χ1) is 22.6. The number of aromatic nitrogens is 2. The molecule has 4 atom stereocenters. The number of carbonyl (C=O) groups excluding carboxylic acids is 1. The number of sulfonamides is 1. The molecule has 1 aliphatic rings. The number of aryl methyl sites for hydroxylation is 1. The van der Waals surface area contributed by atoms with Crippen molar-refractivity contribution in [2.45, 2.75) is 69.7 Å². The molecule has 47 heavy (non-hydrogen) atoms. The smallest absolute Gasteiger partial charge is 0.252 e. The molecule has 0 bridgehead atoms. The van der Waals surface area contributed by atoms with E-state index >= 15 is 4.79 Å². The second-order valence-corrected chi connectivity index (χ2v) is 14.9.